The summed E-state index contributed by atoms with van der Waals surface area (Å²) in [4.78, 5) is 2.48. The minimum atomic E-state index is 0.0575. The van der Waals surface area contributed by atoms with Crippen LogP contribution in [0.5, 0.6) is 11.5 Å². The lowest BCUT2D eigenvalue weighted by molar-refractivity contribution is 0.168. The van der Waals surface area contributed by atoms with E-state index in [9.17, 15) is 0 Å². The van der Waals surface area contributed by atoms with Crippen molar-refractivity contribution in [3.05, 3.63) is 95.6 Å². The Bertz CT molecular complexity index is 905. The fourth-order valence-electron chi connectivity index (χ4n) is 3.50. The highest BCUT2D eigenvalue weighted by Crippen LogP contribution is 2.24. The molecule has 0 heterocycles. The van der Waals surface area contributed by atoms with E-state index < -0.39 is 0 Å². The van der Waals surface area contributed by atoms with Gasteiger partial charge in [0.15, 0.2) is 0 Å². The summed E-state index contributed by atoms with van der Waals surface area (Å²) in [5.74, 6) is 1.72. The number of nitrogens with zero attached hydrogens (tertiary/aromatic N) is 1. The number of hydrogen-bond donors (Lipinski definition) is 1. The standard InChI is InChI=1S/C26H32N2O/c1-21-9-7-10-22(15-21)17-28(20-26(2,3)19-27)18-23-11-8-14-25(16-23)29-24-12-5-4-6-13-24/h4-16H,17-20,27H2,1-3H3. The lowest BCUT2D eigenvalue weighted by Crippen LogP contribution is -2.38. The van der Waals surface area contributed by atoms with Crippen molar-refractivity contribution >= 4 is 0 Å². The van der Waals surface area contributed by atoms with Gasteiger partial charge in [-0.3, -0.25) is 4.90 Å². The lowest BCUT2D eigenvalue weighted by Gasteiger charge is -2.32. The molecule has 0 saturated carbocycles. The molecule has 3 rings (SSSR count). The number of para-hydroxylation sites is 1. The first kappa shape index (κ1) is 21.1. The topological polar surface area (TPSA) is 38.5 Å². The number of benzene rings is 3. The van der Waals surface area contributed by atoms with Crippen LogP contribution in [0, 0.1) is 12.3 Å². The molecule has 0 aliphatic heterocycles. The van der Waals surface area contributed by atoms with Crippen molar-refractivity contribution in [2.45, 2.75) is 33.9 Å². The third-order valence-electron chi connectivity index (χ3n) is 4.98. The van der Waals surface area contributed by atoms with Gasteiger partial charge in [0, 0.05) is 19.6 Å². The maximum atomic E-state index is 6.03. The third kappa shape index (κ3) is 6.74. The van der Waals surface area contributed by atoms with Crippen molar-refractivity contribution in [2.75, 3.05) is 13.1 Å². The van der Waals surface area contributed by atoms with Gasteiger partial charge in [0.25, 0.3) is 0 Å². The van der Waals surface area contributed by atoms with E-state index in [-0.39, 0.29) is 5.41 Å². The molecule has 3 nitrogen and oxygen atoms in total. The molecule has 0 bridgehead atoms. The molecule has 0 aliphatic rings. The van der Waals surface area contributed by atoms with Gasteiger partial charge in [-0.2, -0.15) is 0 Å². The number of aryl methyl sites for hydroxylation is 1. The molecule has 2 N–H and O–H groups in total. The molecule has 0 aromatic heterocycles. The smallest absolute Gasteiger partial charge is 0.127 e. The van der Waals surface area contributed by atoms with Crippen molar-refractivity contribution < 1.29 is 4.74 Å². The normalized spacial score (nSPS) is 11.6. The van der Waals surface area contributed by atoms with Crippen LogP contribution in [0.25, 0.3) is 0 Å². The van der Waals surface area contributed by atoms with Crippen molar-refractivity contribution in [1.82, 2.24) is 4.90 Å². The molecule has 0 unspecified atom stereocenters. The zero-order valence-corrected chi connectivity index (χ0v) is 17.8. The maximum absolute atomic E-state index is 6.03. The number of ether oxygens (including phenoxy) is 1. The van der Waals surface area contributed by atoms with Gasteiger partial charge in [-0.05, 0) is 54.3 Å². The lowest BCUT2D eigenvalue weighted by atomic mass is 9.92. The zero-order chi connectivity index (χ0) is 20.7. The van der Waals surface area contributed by atoms with Gasteiger partial charge in [0.1, 0.15) is 11.5 Å². The van der Waals surface area contributed by atoms with E-state index in [1.807, 2.05) is 36.4 Å². The molecule has 3 heteroatoms. The van der Waals surface area contributed by atoms with E-state index in [1.165, 1.54) is 16.7 Å². The van der Waals surface area contributed by atoms with Gasteiger partial charge in [0.2, 0.25) is 0 Å². The minimum Gasteiger partial charge on any atom is -0.457 e. The van der Waals surface area contributed by atoms with Crippen molar-refractivity contribution in [2.24, 2.45) is 11.1 Å². The zero-order valence-electron chi connectivity index (χ0n) is 17.8. The summed E-state index contributed by atoms with van der Waals surface area (Å²) in [6.07, 6.45) is 0. The van der Waals surface area contributed by atoms with Crippen LogP contribution in [0.4, 0.5) is 0 Å². The van der Waals surface area contributed by atoms with E-state index in [0.29, 0.717) is 6.54 Å². The van der Waals surface area contributed by atoms with E-state index in [4.69, 9.17) is 10.5 Å². The first-order chi connectivity index (χ1) is 13.9. The van der Waals surface area contributed by atoms with Gasteiger partial charge in [0.05, 0.1) is 0 Å². The summed E-state index contributed by atoms with van der Waals surface area (Å²) in [5.41, 5.74) is 9.94. The summed E-state index contributed by atoms with van der Waals surface area (Å²) in [6, 6.07) is 27.0. The molecule has 3 aromatic carbocycles. The fourth-order valence-corrected chi connectivity index (χ4v) is 3.50. The van der Waals surface area contributed by atoms with Gasteiger partial charge in [-0.25, -0.2) is 0 Å². The van der Waals surface area contributed by atoms with Gasteiger partial charge in [-0.1, -0.05) is 74.0 Å². The highest BCUT2D eigenvalue weighted by atomic mass is 16.5. The van der Waals surface area contributed by atoms with Crippen LogP contribution in [0.3, 0.4) is 0 Å². The van der Waals surface area contributed by atoms with Crippen LogP contribution >= 0.6 is 0 Å². The fraction of sp³-hybridized carbons (Fsp3) is 0.308. The quantitative estimate of drug-likeness (QED) is 0.505. The first-order valence-electron chi connectivity index (χ1n) is 10.2. The van der Waals surface area contributed by atoms with Crippen LogP contribution in [0.2, 0.25) is 0 Å². The number of hydrogen-bond acceptors (Lipinski definition) is 3. The van der Waals surface area contributed by atoms with E-state index in [1.54, 1.807) is 0 Å². The molecule has 152 valence electrons. The van der Waals surface area contributed by atoms with Crippen molar-refractivity contribution in [1.29, 1.82) is 0 Å². The number of nitrogens with two attached hydrogens (primary N) is 1. The first-order valence-corrected chi connectivity index (χ1v) is 10.2. The second-order valence-electron chi connectivity index (χ2n) is 8.57. The molecule has 3 aromatic rings. The summed E-state index contributed by atoms with van der Waals surface area (Å²) in [5, 5.41) is 0. The summed E-state index contributed by atoms with van der Waals surface area (Å²) >= 11 is 0. The molecular formula is C26H32N2O. The molecule has 29 heavy (non-hydrogen) atoms. The summed E-state index contributed by atoms with van der Waals surface area (Å²) in [6.45, 7) is 9.94. The van der Waals surface area contributed by atoms with Gasteiger partial charge >= 0.3 is 0 Å². The summed E-state index contributed by atoms with van der Waals surface area (Å²) < 4.78 is 6.02. The van der Waals surface area contributed by atoms with Crippen LogP contribution in [0.1, 0.15) is 30.5 Å². The Labute approximate surface area is 175 Å². The molecule has 0 spiro atoms. The van der Waals surface area contributed by atoms with Gasteiger partial charge in [-0.15, -0.1) is 0 Å². The predicted octanol–water partition coefficient (Wildman–Crippen LogP) is 5.77. The Balaban J connectivity index is 1.76. The Morgan fingerprint density at radius 2 is 1.41 bits per heavy atom. The van der Waals surface area contributed by atoms with E-state index in [2.05, 4.69) is 68.1 Å². The van der Waals surface area contributed by atoms with Crippen LogP contribution in [0.15, 0.2) is 78.9 Å². The van der Waals surface area contributed by atoms with E-state index in [0.717, 1.165) is 31.1 Å². The van der Waals surface area contributed by atoms with Crippen molar-refractivity contribution in [3.8, 4) is 11.5 Å². The molecule has 0 atom stereocenters. The highest BCUT2D eigenvalue weighted by Gasteiger charge is 2.21. The maximum Gasteiger partial charge on any atom is 0.127 e. The molecular weight excluding hydrogens is 356 g/mol. The summed E-state index contributed by atoms with van der Waals surface area (Å²) in [7, 11) is 0. The van der Waals surface area contributed by atoms with Crippen LogP contribution in [-0.4, -0.2) is 18.0 Å². The molecule has 0 saturated heterocycles. The monoisotopic (exact) mass is 388 g/mol. The van der Waals surface area contributed by atoms with Crippen LogP contribution < -0.4 is 10.5 Å². The minimum absolute atomic E-state index is 0.0575. The molecule has 0 amide bonds. The average molecular weight is 389 g/mol. The van der Waals surface area contributed by atoms with Crippen LogP contribution in [-0.2, 0) is 13.1 Å². The van der Waals surface area contributed by atoms with Gasteiger partial charge < -0.3 is 10.5 Å². The third-order valence-corrected chi connectivity index (χ3v) is 4.98. The largest absolute Gasteiger partial charge is 0.457 e. The molecule has 0 aliphatic carbocycles. The second kappa shape index (κ2) is 9.73. The average Bonchev–Trinajstić information content (AvgIpc) is 2.69. The SMILES string of the molecule is Cc1cccc(CN(Cc2cccc(Oc3ccccc3)c2)CC(C)(C)CN)c1. The molecule has 0 radical (unpaired) electrons. The Kier molecular flexibility index (Phi) is 7.08. The highest BCUT2D eigenvalue weighted by molar-refractivity contribution is 5.34. The Hall–Kier alpha value is -2.62. The Morgan fingerprint density at radius 1 is 0.793 bits per heavy atom. The Morgan fingerprint density at radius 3 is 2.07 bits per heavy atom. The second-order valence-corrected chi connectivity index (χ2v) is 8.57. The van der Waals surface area contributed by atoms with Crippen molar-refractivity contribution in [3.63, 3.8) is 0 Å². The molecule has 0 fully saturated rings. The number of rotatable bonds is 9. The van der Waals surface area contributed by atoms with E-state index >= 15 is 0 Å². The predicted molar refractivity (Wildman–Crippen MR) is 121 cm³/mol.